The second kappa shape index (κ2) is 7.32. The quantitative estimate of drug-likeness (QED) is 0.746. The highest BCUT2D eigenvalue weighted by Gasteiger charge is 2.18. The Morgan fingerprint density at radius 1 is 1.39 bits per heavy atom. The van der Waals surface area contributed by atoms with Gasteiger partial charge in [-0.05, 0) is 32.9 Å². The standard InChI is InChI=1S/C15H17ClN2O5/c1-8(2)22-14-11(16)5-10(6-12(14)20-4)15(19)21-7-13-17-9(3)18-23-13/h5-6,8H,7H2,1-4H3. The molecule has 1 heterocycles. The van der Waals surface area contributed by atoms with Crippen LogP contribution in [0.15, 0.2) is 16.7 Å². The van der Waals surface area contributed by atoms with Gasteiger partial charge in [0.1, 0.15) is 0 Å². The van der Waals surface area contributed by atoms with E-state index in [2.05, 4.69) is 10.1 Å². The molecule has 0 aliphatic heterocycles. The van der Waals surface area contributed by atoms with Crippen LogP contribution < -0.4 is 9.47 Å². The van der Waals surface area contributed by atoms with Crippen molar-refractivity contribution >= 4 is 17.6 Å². The van der Waals surface area contributed by atoms with Crippen LogP contribution in [0.4, 0.5) is 0 Å². The zero-order valence-corrected chi connectivity index (χ0v) is 14.0. The third-order valence-corrected chi connectivity index (χ3v) is 3.00. The SMILES string of the molecule is COc1cc(C(=O)OCc2nc(C)no2)cc(Cl)c1OC(C)C. The molecule has 0 aliphatic carbocycles. The first-order chi connectivity index (χ1) is 10.9. The van der Waals surface area contributed by atoms with E-state index in [0.717, 1.165) is 0 Å². The lowest BCUT2D eigenvalue weighted by Gasteiger charge is -2.16. The third kappa shape index (κ3) is 4.35. The molecule has 0 radical (unpaired) electrons. The van der Waals surface area contributed by atoms with Gasteiger partial charge in [-0.1, -0.05) is 16.8 Å². The lowest BCUT2D eigenvalue weighted by Crippen LogP contribution is -2.09. The Labute approximate surface area is 138 Å². The summed E-state index contributed by atoms with van der Waals surface area (Å²) in [5.41, 5.74) is 0.235. The number of rotatable bonds is 6. The Bertz CT molecular complexity index is 699. The molecule has 2 aromatic rings. The fourth-order valence-corrected chi connectivity index (χ4v) is 2.05. The Kier molecular flexibility index (Phi) is 5.44. The Morgan fingerprint density at radius 3 is 2.70 bits per heavy atom. The average Bonchev–Trinajstić information content (AvgIpc) is 2.91. The van der Waals surface area contributed by atoms with Gasteiger partial charge in [0, 0.05) is 0 Å². The summed E-state index contributed by atoms with van der Waals surface area (Å²) in [6.45, 7) is 5.28. The van der Waals surface area contributed by atoms with Crippen LogP contribution in [0.25, 0.3) is 0 Å². The Hall–Kier alpha value is -2.28. The van der Waals surface area contributed by atoms with Crippen LogP contribution in [0.1, 0.15) is 35.9 Å². The summed E-state index contributed by atoms with van der Waals surface area (Å²) in [6.07, 6.45) is -0.0834. The number of ether oxygens (including phenoxy) is 3. The van der Waals surface area contributed by atoms with Crippen LogP contribution >= 0.6 is 11.6 Å². The van der Waals surface area contributed by atoms with Gasteiger partial charge in [-0.3, -0.25) is 0 Å². The molecule has 0 spiro atoms. The summed E-state index contributed by atoms with van der Waals surface area (Å²) in [7, 11) is 1.47. The van der Waals surface area contributed by atoms with E-state index in [-0.39, 0.29) is 29.2 Å². The van der Waals surface area contributed by atoms with Gasteiger partial charge in [0.25, 0.3) is 5.89 Å². The first-order valence-electron chi connectivity index (χ1n) is 6.91. The van der Waals surface area contributed by atoms with Gasteiger partial charge >= 0.3 is 5.97 Å². The predicted octanol–water partition coefficient (Wildman–Crippen LogP) is 3.18. The molecule has 0 saturated carbocycles. The second-order valence-electron chi connectivity index (χ2n) is 4.97. The van der Waals surface area contributed by atoms with Gasteiger partial charge in [-0.25, -0.2) is 4.79 Å². The summed E-state index contributed by atoms with van der Waals surface area (Å²) < 4.78 is 20.8. The van der Waals surface area contributed by atoms with Gasteiger partial charge < -0.3 is 18.7 Å². The van der Waals surface area contributed by atoms with Gasteiger partial charge in [0.2, 0.25) is 0 Å². The van der Waals surface area contributed by atoms with Crippen LogP contribution in [0.5, 0.6) is 11.5 Å². The fourth-order valence-electron chi connectivity index (χ4n) is 1.80. The van der Waals surface area contributed by atoms with Crippen LogP contribution in [-0.2, 0) is 11.3 Å². The molecular weight excluding hydrogens is 324 g/mol. The maximum Gasteiger partial charge on any atom is 0.338 e. The number of esters is 1. The Balaban J connectivity index is 2.15. The van der Waals surface area contributed by atoms with Crippen LogP contribution in [0.2, 0.25) is 5.02 Å². The van der Waals surface area contributed by atoms with Crippen molar-refractivity contribution in [3.8, 4) is 11.5 Å². The summed E-state index contributed by atoms with van der Waals surface area (Å²) in [5, 5.41) is 3.88. The molecule has 8 heteroatoms. The Morgan fingerprint density at radius 2 is 2.13 bits per heavy atom. The number of aromatic nitrogens is 2. The molecule has 0 N–H and O–H groups in total. The molecule has 0 aliphatic rings. The normalized spacial score (nSPS) is 10.7. The van der Waals surface area contributed by atoms with Crippen molar-refractivity contribution < 1.29 is 23.5 Å². The molecule has 1 aromatic carbocycles. The summed E-state index contributed by atoms with van der Waals surface area (Å²) >= 11 is 6.17. The van der Waals surface area contributed by atoms with Gasteiger partial charge in [-0.15, -0.1) is 0 Å². The van der Waals surface area contributed by atoms with Crippen LogP contribution in [-0.4, -0.2) is 29.3 Å². The van der Waals surface area contributed by atoms with E-state index < -0.39 is 5.97 Å². The van der Waals surface area contributed by atoms with Crippen molar-refractivity contribution in [3.63, 3.8) is 0 Å². The molecule has 0 saturated heterocycles. The molecular formula is C15H17ClN2O5. The molecule has 0 unspecified atom stereocenters. The minimum Gasteiger partial charge on any atom is -0.493 e. The molecule has 124 valence electrons. The number of hydrogen-bond acceptors (Lipinski definition) is 7. The highest BCUT2D eigenvalue weighted by Crippen LogP contribution is 2.37. The van der Waals surface area contributed by atoms with Crippen molar-refractivity contribution in [3.05, 3.63) is 34.4 Å². The molecule has 0 fully saturated rings. The first kappa shape index (κ1) is 17.1. The first-order valence-corrected chi connectivity index (χ1v) is 7.29. The maximum absolute atomic E-state index is 12.1. The van der Waals surface area contributed by atoms with E-state index in [1.807, 2.05) is 13.8 Å². The van der Waals surface area contributed by atoms with Crippen LogP contribution in [0, 0.1) is 6.92 Å². The largest absolute Gasteiger partial charge is 0.493 e. The van der Waals surface area contributed by atoms with E-state index in [0.29, 0.717) is 17.3 Å². The van der Waals surface area contributed by atoms with E-state index in [1.54, 1.807) is 6.92 Å². The average molecular weight is 341 g/mol. The van der Waals surface area contributed by atoms with E-state index >= 15 is 0 Å². The topological polar surface area (TPSA) is 83.7 Å². The maximum atomic E-state index is 12.1. The molecule has 0 atom stereocenters. The predicted molar refractivity (Wildman–Crippen MR) is 81.9 cm³/mol. The highest BCUT2D eigenvalue weighted by molar-refractivity contribution is 6.32. The number of methoxy groups -OCH3 is 1. The van der Waals surface area contributed by atoms with Gasteiger partial charge in [0.05, 0.1) is 23.8 Å². The number of carbonyl (C=O) groups excluding carboxylic acids is 1. The molecule has 1 aromatic heterocycles. The summed E-state index contributed by atoms with van der Waals surface area (Å²) in [6, 6.07) is 2.97. The van der Waals surface area contributed by atoms with Crippen LogP contribution in [0.3, 0.4) is 0 Å². The molecule has 7 nitrogen and oxygen atoms in total. The number of halogens is 1. The molecule has 0 bridgehead atoms. The number of benzene rings is 1. The summed E-state index contributed by atoms with van der Waals surface area (Å²) in [4.78, 5) is 16.1. The molecule has 0 amide bonds. The minimum atomic E-state index is -0.586. The fraction of sp³-hybridized carbons (Fsp3) is 0.400. The third-order valence-electron chi connectivity index (χ3n) is 2.72. The van der Waals surface area contributed by atoms with Crippen molar-refractivity contribution in [2.75, 3.05) is 7.11 Å². The monoisotopic (exact) mass is 340 g/mol. The zero-order valence-electron chi connectivity index (χ0n) is 13.3. The smallest absolute Gasteiger partial charge is 0.338 e. The van der Waals surface area contributed by atoms with Crippen molar-refractivity contribution in [2.24, 2.45) is 0 Å². The van der Waals surface area contributed by atoms with Gasteiger partial charge in [0.15, 0.2) is 23.9 Å². The van der Waals surface area contributed by atoms with Crippen molar-refractivity contribution in [2.45, 2.75) is 33.5 Å². The van der Waals surface area contributed by atoms with Gasteiger partial charge in [-0.2, -0.15) is 4.98 Å². The van der Waals surface area contributed by atoms with Crippen molar-refractivity contribution in [1.82, 2.24) is 10.1 Å². The number of carbonyl (C=O) groups is 1. The number of nitrogens with zero attached hydrogens (tertiary/aromatic N) is 2. The van der Waals surface area contributed by atoms with E-state index in [4.69, 9.17) is 30.3 Å². The molecule has 2 rings (SSSR count). The number of hydrogen-bond donors (Lipinski definition) is 0. The molecule has 23 heavy (non-hydrogen) atoms. The second-order valence-corrected chi connectivity index (χ2v) is 5.37. The lowest BCUT2D eigenvalue weighted by atomic mass is 10.2. The minimum absolute atomic E-state index is 0.0834. The van der Waals surface area contributed by atoms with E-state index in [9.17, 15) is 4.79 Å². The zero-order chi connectivity index (χ0) is 17.0. The van der Waals surface area contributed by atoms with Crippen molar-refractivity contribution in [1.29, 1.82) is 0 Å². The lowest BCUT2D eigenvalue weighted by molar-refractivity contribution is 0.0429. The van der Waals surface area contributed by atoms with E-state index in [1.165, 1.54) is 19.2 Å². The number of aryl methyl sites for hydroxylation is 1. The summed E-state index contributed by atoms with van der Waals surface area (Å²) in [5.74, 6) is 0.835. The highest BCUT2D eigenvalue weighted by atomic mass is 35.5.